The zero-order valence-electron chi connectivity index (χ0n) is 11.2. The minimum atomic E-state index is -0.115. The average molecular weight is 396 g/mol. The molecule has 3 nitrogen and oxygen atoms in total. The molecule has 0 aromatic heterocycles. The molecule has 0 spiro atoms. The third-order valence-corrected chi connectivity index (χ3v) is 4.49. The Balaban J connectivity index is 2.57. The molecular weight excluding hydrogens is 377 g/mol. The summed E-state index contributed by atoms with van der Waals surface area (Å²) in [5.74, 6) is -0.115. The molecule has 5 heteroatoms. The van der Waals surface area contributed by atoms with Crippen molar-refractivity contribution in [3.8, 4) is 0 Å². The van der Waals surface area contributed by atoms with E-state index in [0.717, 1.165) is 16.4 Å². The highest BCUT2D eigenvalue weighted by molar-refractivity contribution is 14.1. The number of carbonyl (C=O) groups is 1. The Morgan fingerprint density at radius 3 is 2.74 bits per heavy atom. The Bertz CT molecular complexity index is 449. The quantitative estimate of drug-likeness (QED) is 0.725. The Labute approximate surface area is 132 Å². The minimum Gasteiger partial charge on any atom is -0.396 e. The molecule has 0 atom stereocenters. The van der Waals surface area contributed by atoms with Crippen molar-refractivity contribution in [2.75, 3.05) is 13.2 Å². The lowest BCUT2D eigenvalue weighted by Gasteiger charge is -2.24. The Morgan fingerprint density at radius 2 is 2.16 bits per heavy atom. The molecule has 106 valence electrons. The van der Waals surface area contributed by atoms with Crippen LogP contribution in [0.15, 0.2) is 18.2 Å². The standard InChI is InChI=1S/C14H19ClINO2/c1-14(2,6-3-7-18)9-17-13(19)10-4-5-12(16)11(15)8-10/h4-5,8,18H,3,6-7,9H2,1-2H3,(H,17,19). The number of hydrogen-bond donors (Lipinski definition) is 2. The van der Waals surface area contributed by atoms with Gasteiger partial charge in [-0.25, -0.2) is 0 Å². The van der Waals surface area contributed by atoms with Gasteiger partial charge in [0.25, 0.3) is 5.91 Å². The van der Waals surface area contributed by atoms with Crippen LogP contribution in [0.2, 0.25) is 5.02 Å². The molecule has 0 saturated carbocycles. The first-order valence-corrected chi connectivity index (χ1v) is 7.65. The van der Waals surface area contributed by atoms with Gasteiger partial charge < -0.3 is 10.4 Å². The summed E-state index contributed by atoms with van der Waals surface area (Å²) in [6.07, 6.45) is 1.62. The summed E-state index contributed by atoms with van der Waals surface area (Å²) >= 11 is 8.13. The summed E-state index contributed by atoms with van der Waals surface area (Å²) in [7, 11) is 0. The van der Waals surface area contributed by atoms with E-state index in [9.17, 15) is 4.79 Å². The van der Waals surface area contributed by atoms with Crippen LogP contribution in [0, 0.1) is 8.99 Å². The van der Waals surface area contributed by atoms with Gasteiger partial charge >= 0.3 is 0 Å². The summed E-state index contributed by atoms with van der Waals surface area (Å²) in [5, 5.41) is 12.3. The van der Waals surface area contributed by atoms with Crippen molar-refractivity contribution >= 4 is 40.1 Å². The van der Waals surface area contributed by atoms with E-state index >= 15 is 0 Å². The van der Waals surface area contributed by atoms with Gasteiger partial charge in [-0.15, -0.1) is 0 Å². The monoisotopic (exact) mass is 395 g/mol. The van der Waals surface area contributed by atoms with Crippen molar-refractivity contribution in [1.82, 2.24) is 5.32 Å². The Hall–Kier alpha value is -0.330. The molecule has 1 amide bonds. The molecule has 0 fully saturated rings. The number of amides is 1. The van der Waals surface area contributed by atoms with Crippen molar-refractivity contribution < 1.29 is 9.90 Å². The highest BCUT2D eigenvalue weighted by Gasteiger charge is 2.18. The first-order valence-electron chi connectivity index (χ1n) is 6.20. The van der Waals surface area contributed by atoms with Gasteiger partial charge in [-0.2, -0.15) is 0 Å². The second kappa shape index (κ2) is 7.45. The summed E-state index contributed by atoms with van der Waals surface area (Å²) in [6.45, 7) is 4.91. The van der Waals surface area contributed by atoms with Gasteiger partial charge in [0.05, 0.1) is 5.02 Å². The van der Waals surface area contributed by atoms with Crippen LogP contribution in [-0.2, 0) is 0 Å². The van der Waals surface area contributed by atoms with E-state index in [-0.39, 0.29) is 17.9 Å². The van der Waals surface area contributed by atoms with E-state index < -0.39 is 0 Å². The van der Waals surface area contributed by atoms with Gasteiger partial charge in [0.2, 0.25) is 0 Å². The zero-order chi connectivity index (χ0) is 14.5. The van der Waals surface area contributed by atoms with Crippen molar-refractivity contribution in [3.05, 3.63) is 32.4 Å². The van der Waals surface area contributed by atoms with Gasteiger partial charge in [0.1, 0.15) is 0 Å². The highest BCUT2D eigenvalue weighted by atomic mass is 127. The molecule has 1 aromatic rings. The number of carbonyl (C=O) groups excluding carboxylic acids is 1. The molecule has 19 heavy (non-hydrogen) atoms. The van der Waals surface area contributed by atoms with Crippen molar-refractivity contribution in [2.45, 2.75) is 26.7 Å². The average Bonchev–Trinajstić information content (AvgIpc) is 2.37. The topological polar surface area (TPSA) is 49.3 Å². The van der Waals surface area contributed by atoms with Crippen molar-refractivity contribution in [2.24, 2.45) is 5.41 Å². The summed E-state index contributed by atoms with van der Waals surface area (Å²) in [4.78, 5) is 12.0. The Morgan fingerprint density at radius 1 is 1.47 bits per heavy atom. The van der Waals surface area contributed by atoms with E-state index in [4.69, 9.17) is 16.7 Å². The normalized spacial score (nSPS) is 11.4. The lowest BCUT2D eigenvalue weighted by molar-refractivity contribution is 0.0933. The number of aliphatic hydroxyl groups is 1. The van der Waals surface area contributed by atoms with Crippen LogP contribution in [0.25, 0.3) is 0 Å². The molecule has 0 unspecified atom stereocenters. The summed E-state index contributed by atoms with van der Waals surface area (Å²) in [5.41, 5.74) is 0.550. The molecule has 1 rings (SSSR count). The number of nitrogens with one attached hydrogen (secondary N) is 1. The molecule has 0 saturated heterocycles. The third-order valence-electron chi connectivity index (χ3n) is 2.92. The van der Waals surface area contributed by atoms with Gasteiger partial charge in [0, 0.05) is 22.3 Å². The number of aliphatic hydroxyl groups excluding tert-OH is 1. The molecule has 0 aliphatic rings. The number of hydrogen-bond acceptors (Lipinski definition) is 2. The molecule has 1 aromatic carbocycles. The molecule has 0 bridgehead atoms. The van der Waals surface area contributed by atoms with E-state index in [1.807, 2.05) is 6.07 Å². The first kappa shape index (κ1) is 16.7. The van der Waals surface area contributed by atoms with Crippen LogP contribution in [0.1, 0.15) is 37.0 Å². The smallest absolute Gasteiger partial charge is 0.251 e. The fraction of sp³-hybridized carbons (Fsp3) is 0.500. The van der Waals surface area contributed by atoms with Crippen molar-refractivity contribution in [1.29, 1.82) is 0 Å². The maximum atomic E-state index is 12.0. The minimum absolute atomic E-state index is 0.0224. The van der Waals surface area contributed by atoms with Crippen LogP contribution in [0.4, 0.5) is 0 Å². The first-order chi connectivity index (χ1) is 8.85. The molecular formula is C14H19ClINO2. The van der Waals surface area contributed by atoms with Gasteiger partial charge in [-0.05, 0) is 59.0 Å². The fourth-order valence-corrected chi connectivity index (χ4v) is 2.22. The highest BCUT2D eigenvalue weighted by Crippen LogP contribution is 2.22. The lowest BCUT2D eigenvalue weighted by Crippen LogP contribution is -2.34. The van der Waals surface area contributed by atoms with E-state index in [1.54, 1.807) is 12.1 Å². The molecule has 0 aliphatic carbocycles. The maximum absolute atomic E-state index is 12.0. The fourth-order valence-electron chi connectivity index (χ4n) is 1.70. The largest absolute Gasteiger partial charge is 0.396 e. The second-order valence-corrected chi connectivity index (χ2v) is 6.87. The molecule has 0 aliphatic heterocycles. The maximum Gasteiger partial charge on any atom is 0.251 e. The van der Waals surface area contributed by atoms with E-state index in [2.05, 4.69) is 41.8 Å². The van der Waals surface area contributed by atoms with E-state index in [1.165, 1.54) is 0 Å². The van der Waals surface area contributed by atoms with Crippen LogP contribution in [-0.4, -0.2) is 24.2 Å². The third kappa shape index (κ3) is 5.67. The zero-order valence-corrected chi connectivity index (χ0v) is 14.1. The van der Waals surface area contributed by atoms with Crippen LogP contribution in [0.5, 0.6) is 0 Å². The van der Waals surface area contributed by atoms with E-state index in [0.29, 0.717) is 17.1 Å². The summed E-state index contributed by atoms with van der Waals surface area (Å²) in [6, 6.07) is 5.28. The SMILES string of the molecule is CC(C)(CCCO)CNC(=O)c1ccc(I)c(Cl)c1. The number of rotatable bonds is 6. The summed E-state index contributed by atoms with van der Waals surface area (Å²) < 4.78 is 0.930. The lowest BCUT2D eigenvalue weighted by atomic mass is 9.88. The number of benzene rings is 1. The second-order valence-electron chi connectivity index (χ2n) is 5.30. The van der Waals surface area contributed by atoms with Crippen LogP contribution in [0.3, 0.4) is 0 Å². The molecule has 0 radical (unpaired) electrons. The van der Waals surface area contributed by atoms with Crippen molar-refractivity contribution in [3.63, 3.8) is 0 Å². The van der Waals surface area contributed by atoms with Crippen LogP contribution < -0.4 is 5.32 Å². The number of halogens is 2. The van der Waals surface area contributed by atoms with Crippen LogP contribution >= 0.6 is 34.2 Å². The van der Waals surface area contributed by atoms with Gasteiger partial charge in [0.15, 0.2) is 0 Å². The predicted octanol–water partition coefficient (Wildman–Crippen LogP) is 3.47. The van der Waals surface area contributed by atoms with Gasteiger partial charge in [-0.1, -0.05) is 25.4 Å². The predicted molar refractivity (Wildman–Crippen MR) is 86.6 cm³/mol. The van der Waals surface area contributed by atoms with Gasteiger partial charge in [-0.3, -0.25) is 4.79 Å². The Kier molecular flexibility index (Phi) is 6.56. The molecule has 0 heterocycles. The molecule has 2 N–H and O–H groups in total.